The molecule has 0 aromatic carbocycles. The van der Waals surface area contributed by atoms with Gasteiger partial charge < -0.3 is 37.6 Å². The van der Waals surface area contributed by atoms with Crippen molar-refractivity contribution in [1.82, 2.24) is 0 Å². The average molecular weight is 351 g/mol. The van der Waals surface area contributed by atoms with Crippen LogP contribution in [0.2, 0.25) is 0 Å². The number of aliphatic carboxylic acids is 4. The maximum atomic E-state index is 10.2. The van der Waals surface area contributed by atoms with Crippen molar-refractivity contribution >= 4 is 23.9 Å². The largest absolute Gasteiger partial charge is 0.481 e. The van der Waals surface area contributed by atoms with Crippen molar-refractivity contribution in [3.8, 4) is 0 Å². The Kier molecular flexibility index (Phi) is 13.2. The summed E-state index contributed by atoms with van der Waals surface area (Å²) in [6, 6.07) is -2.80. The number of hydrogen-bond acceptors (Lipinski definition) is 7. The van der Waals surface area contributed by atoms with Crippen LogP contribution in [0, 0.1) is 0 Å². The lowest BCUT2D eigenvalue weighted by molar-refractivity contribution is -0.140. The molecule has 0 aromatic rings. The van der Waals surface area contributed by atoms with Crippen LogP contribution in [-0.4, -0.2) is 62.4 Å². The zero-order valence-electron chi connectivity index (χ0n) is 13.1. The molecule has 0 aliphatic rings. The Hall–Kier alpha value is -2.24. The van der Waals surface area contributed by atoms with Crippen LogP contribution < -0.4 is 17.2 Å². The van der Waals surface area contributed by atoms with Crippen molar-refractivity contribution in [3.05, 3.63) is 0 Å². The number of carboxylic acid groups (broad SMARTS) is 4. The molecule has 0 aliphatic heterocycles. The third-order valence-corrected chi connectivity index (χ3v) is 2.89. The van der Waals surface area contributed by atoms with E-state index in [-0.39, 0.29) is 25.7 Å². The van der Waals surface area contributed by atoms with Crippen LogP contribution in [0.1, 0.15) is 38.5 Å². The molecule has 0 aromatic heterocycles. The molecule has 0 rings (SSSR count). The van der Waals surface area contributed by atoms with Gasteiger partial charge in [0.1, 0.15) is 18.1 Å². The molecule has 0 aliphatic carbocycles. The van der Waals surface area contributed by atoms with Crippen LogP contribution in [0.4, 0.5) is 0 Å². The molecule has 140 valence electrons. The van der Waals surface area contributed by atoms with E-state index < -0.39 is 42.0 Å². The Balaban J connectivity index is 0. The minimum absolute atomic E-state index is 0.0268. The Bertz CT molecular complexity index is 409. The normalized spacial score (nSPS) is 13.8. The van der Waals surface area contributed by atoms with Gasteiger partial charge in [0.2, 0.25) is 0 Å². The summed E-state index contributed by atoms with van der Waals surface area (Å²) < 4.78 is 0. The van der Waals surface area contributed by atoms with E-state index in [1.54, 1.807) is 0 Å². The summed E-state index contributed by atoms with van der Waals surface area (Å²) in [4.78, 5) is 40.5. The summed E-state index contributed by atoms with van der Waals surface area (Å²) in [5.74, 6) is -4.18. The summed E-state index contributed by atoms with van der Waals surface area (Å²) in [5, 5.41) is 33.2. The van der Waals surface area contributed by atoms with Crippen molar-refractivity contribution in [3.63, 3.8) is 0 Å². The lowest BCUT2D eigenvalue weighted by Gasteiger charge is -2.07. The second kappa shape index (κ2) is 13.2. The van der Waals surface area contributed by atoms with E-state index in [0.717, 1.165) is 0 Å². The predicted molar refractivity (Wildman–Crippen MR) is 82.2 cm³/mol. The van der Waals surface area contributed by atoms with Gasteiger partial charge in [-0.1, -0.05) is 0 Å². The molecule has 0 saturated heterocycles. The van der Waals surface area contributed by atoms with Crippen molar-refractivity contribution in [1.29, 1.82) is 0 Å². The molecule has 3 atom stereocenters. The van der Waals surface area contributed by atoms with Crippen molar-refractivity contribution < 1.29 is 39.6 Å². The Labute approximate surface area is 138 Å². The molecule has 0 heterocycles. The van der Waals surface area contributed by atoms with E-state index >= 15 is 0 Å². The number of hydrogen-bond donors (Lipinski definition) is 7. The smallest absolute Gasteiger partial charge is 0.320 e. The van der Waals surface area contributed by atoms with Gasteiger partial charge in [0, 0.05) is 6.42 Å². The molecule has 3 unspecified atom stereocenters. The van der Waals surface area contributed by atoms with E-state index in [2.05, 4.69) is 0 Å². The number of carbonyl (C=O) groups is 4. The summed E-state index contributed by atoms with van der Waals surface area (Å²) in [5.41, 5.74) is 15.5. The molecule has 0 bridgehead atoms. The zero-order chi connectivity index (χ0) is 19.3. The Morgan fingerprint density at radius 1 is 0.625 bits per heavy atom. The highest BCUT2D eigenvalue weighted by atomic mass is 16.4. The van der Waals surface area contributed by atoms with Crippen LogP contribution >= 0.6 is 0 Å². The lowest BCUT2D eigenvalue weighted by atomic mass is 10.1. The highest BCUT2D eigenvalue weighted by Gasteiger charge is 2.14. The fourth-order valence-electron chi connectivity index (χ4n) is 1.40. The minimum Gasteiger partial charge on any atom is -0.481 e. The Morgan fingerprint density at radius 3 is 1.17 bits per heavy atom. The minimum atomic E-state index is -1.09. The monoisotopic (exact) mass is 351 g/mol. The molecule has 11 nitrogen and oxygen atoms in total. The van der Waals surface area contributed by atoms with Crippen LogP contribution in [-0.2, 0) is 19.2 Å². The first-order chi connectivity index (χ1) is 11.0. The van der Waals surface area contributed by atoms with Gasteiger partial charge in [-0.15, -0.1) is 0 Å². The van der Waals surface area contributed by atoms with E-state index in [9.17, 15) is 19.2 Å². The van der Waals surface area contributed by atoms with Crippen LogP contribution in [0.15, 0.2) is 0 Å². The number of nitrogens with two attached hydrogens (primary N) is 3. The fourth-order valence-corrected chi connectivity index (χ4v) is 1.40. The second-order valence-electron chi connectivity index (χ2n) is 5.05. The summed E-state index contributed by atoms with van der Waals surface area (Å²) in [6.07, 6.45) is 1.39. The van der Waals surface area contributed by atoms with E-state index in [1.807, 2.05) is 0 Å². The van der Waals surface area contributed by atoms with Gasteiger partial charge in [0.05, 0.1) is 0 Å². The molecule has 0 radical (unpaired) electrons. The van der Waals surface area contributed by atoms with Crippen molar-refractivity contribution in [2.24, 2.45) is 17.2 Å². The molecule has 11 heteroatoms. The third-order valence-electron chi connectivity index (χ3n) is 2.89. The quantitative estimate of drug-likeness (QED) is 0.229. The van der Waals surface area contributed by atoms with E-state index in [0.29, 0.717) is 12.8 Å². The number of rotatable bonds is 11. The van der Waals surface area contributed by atoms with Gasteiger partial charge in [-0.05, 0) is 32.1 Å². The van der Waals surface area contributed by atoms with Crippen molar-refractivity contribution in [2.45, 2.75) is 56.7 Å². The fraction of sp³-hybridized carbons (Fsp3) is 0.692. The van der Waals surface area contributed by atoms with Crippen molar-refractivity contribution in [2.75, 3.05) is 0 Å². The predicted octanol–water partition coefficient (Wildman–Crippen LogP) is -1.37. The van der Waals surface area contributed by atoms with Gasteiger partial charge in [-0.3, -0.25) is 19.2 Å². The average Bonchev–Trinajstić information content (AvgIpc) is 2.46. The molecule has 10 N–H and O–H groups in total. The summed E-state index contributed by atoms with van der Waals surface area (Å²) in [7, 11) is 0. The Morgan fingerprint density at radius 2 is 0.917 bits per heavy atom. The first-order valence-corrected chi connectivity index (χ1v) is 7.16. The lowest BCUT2D eigenvalue weighted by Crippen LogP contribution is -2.33. The second-order valence-corrected chi connectivity index (χ2v) is 5.05. The maximum absolute atomic E-state index is 10.2. The summed E-state index contributed by atoms with van der Waals surface area (Å²) >= 11 is 0. The third kappa shape index (κ3) is 14.7. The van der Waals surface area contributed by atoms with Gasteiger partial charge in [0.25, 0.3) is 0 Å². The van der Waals surface area contributed by atoms with Gasteiger partial charge in [0.15, 0.2) is 0 Å². The molecule has 24 heavy (non-hydrogen) atoms. The number of carboxylic acids is 4. The first kappa shape index (κ1) is 24.0. The zero-order valence-corrected chi connectivity index (χ0v) is 13.1. The van der Waals surface area contributed by atoms with Gasteiger partial charge in [-0.25, -0.2) is 0 Å². The molecule has 0 amide bonds. The SMILES string of the molecule is NC(CCCC(=O)O)C(=O)O.NC(CCCC(N)C(=O)O)C(=O)O. The molecule has 0 spiro atoms. The summed E-state index contributed by atoms with van der Waals surface area (Å²) in [6.45, 7) is 0. The van der Waals surface area contributed by atoms with E-state index in [1.165, 1.54) is 0 Å². The standard InChI is InChI=1S/C7H14N2O4.C6H11NO4/c8-4(6(10)11)2-1-3-5(9)7(12)13;7-4(6(10)11)2-1-3-5(8)9/h4-5H,1-3,8-9H2,(H,10,11)(H,12,13);4H,1-3,7H2,(H,8,9)(H,10,11). The van der Waals surface area contributed by atoms with Gasteiger partial charge in [-0.2, -0.15) is 0 Å². The molecular formula is C13H25N3O8. The maximum Gasteiger partial charge on any atom is 0.320 e. The molecule has 0 saturated carbocycles. The van der Waals surface area contributed by atoms with Crippen LogP contribution in [0.3, 0.4) is 0 Å². The molecular weight excluding hydrogens is 326 g/mol. The topological polar surface area (TPSA) is 227 Å². The highest BCUT2D eigenvalue weighted by Crippen LogP contribution is 2.02. The van der Waals surface area contributed by atoms with Gasteiger partial charge >= 0.3 is 23.9 Å². The first-order valence-electron chi connectivity index (χ1n) is 7.16. The molecule has 0 fully saturated rings. The van der Waals surface area contributed by atoms with E-state index in [4.69, 9.17) is 37.6 Å². The highest BCUT2D eigenvalue weighted by molar-refractivity contribution is 5.74. The van der Waals surface area contributed by atoms with Crippen LogP contribution in [0.5, 0.6) is 0 Å². The van der Waals surface area contributed by atoms with Crippen LogP contribution in [0.25, 0.3) is 0 Å².